The summed E-state index contributed by atoms with van der Waals surface area (Å²) in [5.41, 5.74) is 1.23. The van der Waals surface area contributed by atoms with Crippen LogP contribution >= 0.6 is 15.9 Å². The van der Waals surface area contributed by atoms with E-state index >= 15 is 0 Å². The van der Waals surface area contributed by atoms with Crippen LogP contribution in [0.2, 0.25) is 0 Å². The summed E-state index contributed by atoms with van der Waals surface area (Å²) in [5.74, 6) is 0. The average Bonchev–Trinajstić information content (AvgIpc) is 2.74. The summed E-state index contributed by atoms with van der Waals surface area (Å²) in [6, 6.07) is 4.73. The highest BCUT2D eigenvalue weighted by molar-refractivity contribution is 9.10. The Morgan fingerprint density at radius 3 is 3.13 bits per heavy atom. The molecule has 1 fully saturated rings. The lowest BCUT2D eigenvalue weighted by atomic mass is 10.2. The van der Waals surface area contributed by atoms with Crippen LogP contribution in [-0.2, 0) is 6.54 Å². The Morgan fingerprint density at radius 2 is 2.47 bits per heavy atom. The first kappa shape index (κ1) is 11.0. The van der Waals surface area contributed by atoms with Crippen molar-refractivity contribution in [3.05, 3.63) is 28.5 Å². The lowest BCUT2D eigenvalue weighted by Gasteiger charge is -2.11. The number of hydrogen-bond donors (Lipinski definition) is 2. The van der Waals surface area contributed by atoms with Crippen molar-refractivity contribution >= 4 is 15.9 Å². The molecule has 1 aliphatic heterocycles. The standard InChI is InChI=1S/C11H16BrN3/c12-11-4-3-9(7-15-11)6-13-8-10-2-1-5-14-10/h3-4,7,10,13-14H,1-2,5-6,8H2/t10-/m0/s1. The number of pyridine rings is 1. The third-order valence-electron chi connectivity index (χ3n) is 2.67. The Morgan fingerprint density at radius 1 is 1.53 bits per heavy atom. The molecular weight excluding hydrogens is 254 g/mol. The predicted octanol–water partition coefficient (Wildman–Crippen LogP) is 1.69. The summed E-state index contributed by atoms with van der Waals surface area (Å²) >= 11 is 3.33. The third kappa shape index (κ3) is 3.55. The molecule has 15 heavy (non-hydrogen) atoms. The van der Waals surface area contributed by atoms with Crippen LogP contribution in [0.5, 0.6) is 0 Å². The smallest absolute Gasteiger partial charge is 0.106 e. The lowest BCUT2D eigenvalue weighted by Crippen LogP contribution is -2.33. The van der Waals surface area contributed by atoms with Crippen molar-refractivity contribution in [2.24, 2.45) is 0 Å². The van der Waals surface area contributed by atoms with Gasteiger partial charge in [0, 0.05) is 25.3 Å². The van der Waals surface area contributed by atoms with Crippen molar-refractivity contribution in [3.63, 3.8) is 0 Å². The number of rotatable bonds is 4. The Kier molecular flexibility index (Phi) is 4.11. The van der Waals surface area contributed by atoms with Crippen LogP contribution < -0.4 is 10.6 Å². The maximum absolute atomic E-state index is 4.19. The van der Waals surface area contributed by atoms with Gasteiger partial charge in [0.15, 0.2) is 0 Å². The fraction of sp³-hybridized carbons (Fsp3) is 0.545. The van der Waals surface area contributed by atoms with E-state index in [1.54, 1.807) is 0 Å². The molecule has 0 radical (unpaired) electrons. The van der Waals surface area contributed by atoms with Gasteiger partial charge in [0.1, 0.15) is 4.60 Å². The van der Waals surface area contributed by atoms with E-state index in [4.69, 9.17) is 0 Å². The molecule has 0 amide bonds. The van der Waals surface area contributed by atoms with Gasteiger partial charge in [-0.25, -0.2) is 4.98 Å². The van der Waals surface area contributed by atoms with Gasteiger partial charge in [-0.05, 0) is 46.9 Å². The molecule has 2 rings (SSSR count). The van der Waals surface area contributed by atoms with Crippen molar-refractivity contribution < 1.29 is 0 Å². The molecule has 1 aromatic heterocycles. The number of aromatic nitrogens is 1. The summed E-state index contributed by atoms with van der Waals surface area (Å²) in [4.78, 5) is 4.19. The fourth-order valence-electron chi connectivity index (χ4n) is 1.83. The minimum atomic E-state index is 0.661. The summed E-state index contributed by atoms with van der Waals surface area (Å²) in [7, 11) is 0. The van der Waals surface area contributed by atoms with Crippen LogP contribution in [0.25, 0.3) is 0 Å². The Hall–Kier alpha value is -0.450. The highest BCUT2D eigenvalue weighted by Crippen LogP contribution is 2.07. The molecule has 0 aromatic carbocycles. The van der Waals surface area contributed by atoms with Crippen LogP contribution in [0, 0.1) is 0 Å². The SMILES string of the molecule is Brc1ccc(CNC[C@@H]2CCCN2)cn1. The molecule has 0 saturated carbocycles. The molecule has 4 heteroatoms. The molecule has 0 unspecified atom stereocenters. The largest absolute Gasteiger partial charge is 0.313 e. The molecular formula is C11H16BrN3. The van der Waals surface area contributed by atoms with Crippen LogP contribution in [-0.4, -0.2) is 24.1 Å². The molecule has 2 N–H and O–H groups in total. The summed E-state index contributed by atoms with van der Waals surface area (Å²) < 4.78 is 0.892. The monoisotopic (exact) mass is 269 g/mol. The number of nitrogens with one attached hydrogen (secondary N) is 2. The zero-order valence-electron chi connectivity index (χ0n) is 8.67. The number of halogens is 1. The minimum absolute atomic E-state index is 0.661. The van der Waals surface area contributed by atoms with Gasteiger partial charge in [0.2, 0.25) is 0 Å². The van der Waals surface area contributed by atoms with E-state index in [1.165, 1.54) is 24.9 Å². The first-order valence-corrected chi connectivity index (χ1v) is 6.18. The third-order valence-corrected chi connectivity index (χ3v) is 3.14. The molecule has 0 aliphatic carbocycles. The molecule has 0 bridgehead atoms. The molecule has 3 nitrogen and oxygen atoms in total. The number of hydrogen-bond acceptors (Lipinski definition) is 3. The van der Waals surface area contributed by atoms with Crippen molar-refractivity contribution in [2.45, 2.75) is 25.4 Å². The van der Waals surface area contributed by atoms with E-state index < -0.39 is 0 Å². The van der Waals surface area contributed by atoms with Crippen LogP contribution in [0.15, 0.2) is 22.9 Å². The normalized spacial score (nSPS) is 20.7. The Bertz CT molecular complexity index is 293. The molecule has 1 aromatic rings. The molecule has 1 aliphatic rings. The van der Waals surface area contributed by atoms with Gasteiger partial charge in [0.05, 0.1) is 0 Å². The van der Waals surface area contributed by atoms with E-state index in [-0.39, 0.29) is 0 Å². The van der Waals surface area contributed by atoms with Crippen molar-refractivity contribution in [2.75, 3.05) is 13.1 Å². The van der Waals surface area contributed by atoms with Gasteiger partial charge in [-0.3, -0.25) is 0 Å². The summed E-state index contributed by atoms with van der Waals surface area (Å²) in [5, 5.41) is 6.91. The molecule has 82 valence electrons. The second-order valence-electron chi connectivity index (χ2n) is 3.91. The Labute approximate surface area is 98.8 Å². The van der Waals surface area contributed by atoms with Gasteiger partial charge in [0.25, 0.3) is 0 Å². The maximum atomic E-state index is 4.19. The van der Waals surface area contributed by atoms with E-state index in [0.29, 0.717) is 6.04 Å². The van der Waals surface area contributed by atoms with Gasteiger partial charge >= 0.3 is 0 Å². The lowest BCUT2D eigenvalue weighted by molar-refractivity contribution is 0.535. The predicted molar refractivity (Wildman–Crippen MR) is 64.7 cm³/mol. The summed E-state index contributed by atoms with van der Waals surface area (Å²) in [6.45, 7) is 3.13. The van der Waals surface area contributed by atoms with Crippen LogP contribution in [0.3, 0.4) is 0 Å². The fourth-order valence-corrected chi connectivity index (χ4v) is 2.07. The van der Waals surface area contributed by atoms with Crippen LogP contribution in [0.4, 0.5) is 0 Å². The molecule has 1 saturated heterocycles. The minimum Gasteiger partial charge on any atom is -0.313 e. The average molecular weight is 270 g/mol. The zero-order chi connectivity index (χ0) is 10.5. The van der Waals surface area contributed by atoms with Gasteiger partial charge in [-0.2, -0.15) is 0 Å². The first-order valence-electron chi connectivity index (χ1n) is 5.39. The second-order valence-corrected chi connectivity index (χ2v) is 4.73. The topological polar surface area (TPSA) is 37.0 Å². The summed E-state index contributed by atoms with van der Waals surface area (Å²) in [6.07, 6.45) is 4.51. The van der Waals surface area contributed by atoms with E-state index in [1.807, 2.05) is 12.3 Å². The molecule has 1 atom stereocenters. The maximum Gasteiger partial charge on any atom is 0.106 e. The Balaban J connectivity index is 1.71. The first-order chi connectivity index (χ1) is 7.34. The quantitative estimate of drug-likeness (QED) is 0.817. The van der Waals surface area contributed by atoms with E-state index in [9.17, 15) is 0 Å². The number of nitrogens with zero attached hydrogens (tertiary/aromatic N) is 1. The van der Waals surface area contributed by atoms with E-state index in [0.717, 1.165) is 17.7 Å². The highest BCUT2D eigenvalue weighted by Gasteiger charge is 2.12. The van der Waals surface area contributed by atoms with E-state index in [2.05, 4.69) is 37.6 Å². The molecule has 2 heterocycles. The molecule has 0 spiro atoms. The van der Waals surface area contributed by atoms with Gasteiger partial charge < -0.3 is 10.6 Å². The second kappa shape index (κ2) is 5.58. The van der Waals surface area contributed by atoms with Crippen LogP contribution in [0.1, 0.15) is 18.4 Å². The zero-order valence-corrected chi connectivity index (χ0v) is 10.3. The highest BCUT2D eigenvalue weighted by atomic mass is 79.9. The van der Waals surface area contributed by atoms with Gasteiger partial charge in [-0.15, -0.1) is 0 Å². The van der Waals surface area contributed by atoms with Crippen molar-refractivity contribution in [1.82, 2.24) is 15.6 Å². The van der Waals surface area contributed by atoms with Gasteiger partial charge in [-0.1, -0.05) is 6.07 Å². The van der Waals surface area contributed by atoms with Crippen molar-refractivity contribution in [1.29, 1.82) is 0 Å². The van der Waals surface area contributed by atoms with Crippen molar-refractivity contribution in [3.8, 4) is 0 Å².